The summed E-state index contributed by atoms with van der Waals surface area (Å²) in [5, 5.41) is 2.78. The van der Waals surface area contributed by atoms with E-state index in [2.05, 4.69) is 12.2 Å². The molecule has 16 heavy (non-hydrogen) atoms. The molecule has 0 bridgehead atoms. The number of anilines is 1. The molecule has 0 heterocycles. The third kappa shape index (κ3) is 2.54. The van der Waals surface area contributed by atoms with E-state index in [4.69, 9.17) is 4.74 Å². The van der Waals surface area contributed by atoms with Crippen molar-refractivity contribution in [1.82, 2.24) is 0 Å². The van der Waals surface area contributed by atoms with Gasteiger partial charge in [-0.1, -0.05) is 0 Å². The maximum atomic E-state index is 10.9. The minimum atomic E-state index is -0.0501. The van der Waals surface area contributed by atoms with E-state index < -0.39 is 0 Å². The maximum absolute atomic E-state index is 10.9. The zero-order chi connectivity index (χ0) is 11.8. The minimum absolute atomic E-state index is 0.0436. The molecule has 1 amide bonds. The third-order valence-corrected chi connectivity index (χ3v) is 2.83. The van der Waals surface area contributed by atoms with E-state index >= 15 is 0 Å². The Morgan fingerprint density at radius 3 is 2.62 bits per heavy atom. The average Bonchev–Trinajstić information content (AvgIpc) is 2.88. The van der Waals surface area contributed by atoms with Gasteiger partial charge in [-0.3, -0.25) is 4.79 Å². The van der Waals surface area contributed by atoms with E-state index in [1.807, 2.05) is 25.1 Å². The molecular formula is C13H17NO2. The van der Waals surface area contributed by atoms with Crippen LogP contribution >= 0.6 is 0 Å². The number of carbonyl (C=O) groups is 1. The first-order chi connectivity index (χ1) is 7.48. The molecular weight excluding hydrogens is 202 g/mol. The van der Waals surface area contributed by atoms with Crippen molar-refractivity contribution in [1.29, 1.82) is 0 Å². The third-order valence-electron chi connectivity index (χ3n) is 2.83. The van der Waals surface area contributed by atoms with E-state index in [0.29, 0.717) is 0 Å². The van der Waals surface area contributed by atoms with E-state index in [1.165, 1.54) is 6.92 Å². The van der Waals surface area contributed by atoms with Crippen molar-refractivity contribution >= 4 is 11.6 Å². The molecule has 86 valence electrons. The predicted molar refractivity (Wildman–Crippen MR) is 63.7 cm³/mol. The number of hydrogen-bond donors (Lipinski definition) is 1. The van der Waals surface area contributed by atoms with Gasteiger partial charge in [0.05, 0.1) is 0 Å². The van der Waals surface area contributed by atoms with Crippen LogP contribution in [0.3, 0.4) is 0 Å². The Bertz CT molecular complexity index is 422. The standard InChI is InChI=1S/C13H17NO2/c1-9-8-11(16-13(3)6-7-13)4-5-12(9)14-10(2)15/h4-5,8H,6-7H2,1-3H3,(H,14,15). The number of aryl methyl sites for hydroxylation is 1. The molecule has 0 radical (unpaired) electrons. The SMILES string of the molecule is CC(=O)Nc1ccc(OC2(C)CC2)cc1C. The zero-order valence-electron chi connectivity index (χ0n) is 9.96. The number of rotatable bonds is 3. The molecule has 0 aliphatic heterocycles. The summed E-state index contributed by atoms with van der Waals surface area (Å²) < 4.78 is 5.84. The van der Waals surface area contributed by atoms with Crippen LogP contribution in [0.1, 0.15) is 32.3 Å². The van der Waals surface area contributed by atoms with Gasteiger partial charge in [-0.15, -0.1) is 0 Å². The number of hydrogen-bond acceptors (Lipinski definition) is 2. The van der Waals surface area contributed by atoms with Crippen LogP contribution in [0.25, 0.3) is 0 Å². The molecule has 1 aromatic rings. The maximum Gasteiger partial charge on any atom is 0.221 e. The first-order valence-corrected chi connectivity index (χ1v) is 5.56. The topological polar surface area (TPSA) is 38.3 Å². The van der Waals surface area contributed by atoms with Crippen molar-refractivity contribution in [3.8, 4) is 5.75 Å². The van der Waals surface area contributed by atoms with Crippen LogP contribution in [0.2, 0.25) is 0 Å². The van der Waals surface area contributed by atoms with Gasteiger partial charge in [0.1, 0.15) is 11.4 Å². The lowest BCUT2D eigenvalue weighted by Gasteiger charge is -2.14. The molecule has 1 N–H and O–H groups in total. The van der Waals surface area contributed by atoms with Crippen LogP contribution in [0.15, 0.2) is 18.2 Å². The second-order valence-electron chi connectivity index (χ2n) is 4.71. The van der Waals surface area contributed by atoms with Crippen molar-refractivity contribution in [2.24, 2.45) is 0 Å². The van der Waals surface area contributed by atoms with Gasteiger partial charge in [-0.25, -0.2) is 0 Å². The van der Waals surface area contributed by atoms with Crippen LogP contribution < -0.4 is 10.1 Å². The minimum Gasteiger partial charge on any atom is -0.488 e. The molecule has 0 aromatic heterocycles. The van der Waals surface area contributed by atoms with Gasteiger partial charge in [0.25, 0.3) is 0 Å². The van der Waals surface area contributed by atoms with Crippen LogP contribution in [-0.4, -0.2) is 11.5 Å². The lowest BCUT2D eigenvalue weighted by molar-refractivity contribution is -0.114. The zero-order valence-corrected chi connectivity index (χ0v) is 9.96. The molecule has 2 rings (SSSR count). The lowest BCUT2D eigenvalue weighted by Crippen LogP contribution is -2.12. The molecule has 1 aliphatic carbocycles. The summed E-state index contributed by atoms with van der Waals surface area (Å²) in [7, 11) is 0. The van der Waals surface area contributed by atoms with Crippen molar-refractivity contribution in [2.75, 3.05) is 5.32 Å². The van der Waals surface area contributed by atoms with Gasteiger partial charge < -0.3 is 10.1 Å². The summed E-state index contributed by atoms with van der Waals surface area (Å²) >= 11 is 0. The Labute approximate surface area is 95.8 Å². The molecule has 3 heteroatoms. The molecule has 0 unspecified atom stereocenters. The summed E-state index contributed by atoms with van der Waals surface area (Å²) in [4.78, 5) is 10.9. The summed E-state index contributed by atoms with van der Waals surface area (Å²) in [6.45, 7) is 5.59. The number of nitrogens with one attached hydrogen (secondary N) is 1. The fourth-order valence-corrected chi connectivity index (χ4v) is 1.59. The van der Waals surface area contributed by atoms with E-state index in [9.17, 15) is 4.79 Å². The lowest BCUT2D eigenvalue weighted by atomic mass is 10.2. The summed E-state index contributed by atoms with van der Waals surface area (Å²) in [6, 6.07) is 5.76. The Morgan fingerprint density at radius 1 is 1.44 bits per heavy atom. The van der Waals surface area contributed by atoms with Crippen LogP contribution in [0, 0.1) is 6.92 Å². The Morgan fingerprint density at radius 2 is 2.12 bits per heavy atom. The number of ether oxygens (including phenoxy) is 1. The van der Waals surface area contributed by atoms with Gasteiger partial charge >= 0.3 is 0 Å². The Balaban J connectivity index is 2.12. The highest BCUT2D eigenvalue weighted by molar-refractivity contribution is 5.89. The van der Waals surface area contributed by atoms with Crippen LogP contribution in [-0.2, 0) is 4.79 Å². The highest BCUT2D eigenvalue weighted by Gasteiger charge is 2.40. The second-order valence-corrected chi connectivity index (χ2v) is 4.71. The van der Waals surface area contributed by atoms with E-state index in [-0.39, 0.29) is 11.5 Å². The van der Waals surface area contributed by atoms with E-state index in [0.717, 1.165) is 29.8 Å². The molecule has 3 nitrogen and oxygen atoms in total. The molecule has 1 aliphatic rings. The van der Waals surface area contributed by atoms with Gasteiger partial charge in [0.2, 0.25) is 5.91 Å². The Kier molecular flexibility index (Phi) is 2.62. The van der Waals surface area contributed by atoms with E-state index in [1.54, 1.807) is 0 Å². The molecule has 1 fully saturated rings. The quantitative estimate of drug-likeness (QED) is 0.848. The average molecular weight is 219 g/mol. The second kappa shape index (κ2) is 3.81. The van der Waals surface area contributed by atoms with Gasteiger partial charge in [-0.05, 0) is 50.5 Å². The fraction of sp³-hybridized carbons (Fsp3) is 0.462. The van der Waals surface area contributed by atoms with Gasteiger partial charge in [-0.2, -0.15) is 0 Å². The monoisotopic (exact) mass is 219 g/mol. The molecule has 0 atom stereocenters. The summed E-state index contributed by atoms with van der Waals surface area (Å²) in [6.07, 6.45) is 2.25. The largest absolute Gasteiger partial charge is 0.488 e. The number of benzene rings is 1. The predicted octanol–water partition coefficient (Wildman–Crippen LogP) is 2.88. The van der Waals surface area contributed by atoms with Crippen LogP contribution in [0.4, 0.5) is 5.69 Å². The first kappa shape index (κ1) is 11.0. The van der Waals surface area contributed by atoms with Crippen molar-refractivity contribution < 1.29 is 9.53 Å². The summed E-state index contributed by atoms with van der Waals surface area (Å²) in [5.41, 5.74) is 1.92. The van der Waals surface area contributed by atoms with Gasteiger partial charge in [0, 0.05) is 12.6 Å². The Hall–Kier alpha value is -1.51. The summed E-state index contributed by atoms with van der Waals surface area (Å²) in [5.74, 6) is 0.831. The molecule has 0 saturated heterocycles. The van der Waals surface area contributed by atoms with Crippen molar-refractivity contribution in [3.05, 3.63) is 23.8 Å². The molecule has 1 aromatic carbocycles. The number of amides is 1. The highest BCUT2D eigenvalue weighted by Crippen LogP contribution is 2.40. The number of carbonyl (C=O) groups excluding carboxylic acids is 1. The van der Waals surface area contributed by atoms with Gasteiger partial charge in [0.15, 0.2) is 0 Å². The van der Waals surface area contributed by atoms with Crippen LogP contribution in [0.5, 0.6) is 5.75 Å². The smallest absolute Gasteiger partial charge is 0.221 e. The highest BCUT2D eigenvalue weighted by atomic mass is 16.5. The molecule has 1 saturated carbocycles. The first-order valence-electron chi connectivity index (χ1n) is 5.56. The van der Waals surface area contributed by atoms with Crippen molar-refractivity contribution in [3.63, 3.8) is 0 Å². The molecule has 0 spiro atoms. The fourth-order valence-electron chi connectivity index (χ4n) is 1.59. The van der Waals surface area contributed by atoms with Crippen molar-refractivity contribution in [2.45, 2.75) is 39.2 Å². The normalized spacial score (nSPS) is 16.7.